The third-order valence-corrected chi connectivity index (χ3v) is 3.58. The lowest BCUT2D eigenvalue weighted by Gasteiger charge is -2.30. The molecule has 0 heterocycles. The van der Waals surface area contributed by atoms with E-state index < -0.39 is 11.6 Å². The van der Waals surface area contributed by atoms with Gasteiger partial charge >= 0.3 is 0 Å². The average molecular weight is 283 g/mol. The normalized spacial score (nSPS) is 12.9. The van der Waals surface area contributed by atoms with Gasteiger partial charge in [0.15, 0.2) is 0 Å². The number of hydrogen-bond donors (Lipinski definition) is 2. The molecule has 1 rings (SSSR count). The van der Waals surface area contributed by atoms with E-state index in [1.54, 1.807) is 28.3 Å². The molecule has 5 heteroatoms. The summed E-state index contributed by atoms with van der Waals surface area (Å²) < 4.78 is 16.0. The maximum atomic E-state index is 9.75. The molecule has 1 aromatic carbocycles. The summed E-state index contributed by atoms with van der Waals surface area (Å²) in [6, 6.07) is 3.63. The largest absolute Gasteiger partial charge is 0.496 e. The minimum Gasteiger partial charge on any atom is -0.496 e. The standard InChI is InChI=1S/C15H25NO4/c1-10(17)15(2,3)16-9-12-13(19-5)7-11(18-4)8-14(12)20-6/h7-8,10,16-17H,9H2,1-6H3. The van der Waals surface area contributed by atoms with Gasteiger partial charge in [0.2, 0.25) is 0 Å². The maximum absolute atomic E-state index is 9.75. The summed E-state index contributed by atoms with van der Waals surface area (Å²) in [6.45, 7) is 6.17. The Labute approximate surface area is 120 Å². The van der Waals surface area contributed by atoms with E-state index in [2.05, 4.69) is 5.32 Å². The van der Waals surface area contributed by atoms with E-state index in [4.69, 9.17) is 14.2 Å². The zero-order valence-electron chi connectivity index (χ0n) is 13.1. The first-order chi connectivity index (χ1) is 9.35. The van der Waals surface area contributed by atoms with Gasteiger partial charge in [0.25, 0.3) is 0 Å². The van der Waals surface area contributed by atoms with E-state index in [1.165, 1.54) is 0 Å². The molecule has 1 atom stereocenters. The van der Waals surface area contributed by atoms with Gasteiger partial charge in [-0.15, -0.1) is 0 Å². The summed E-state index contributed by atoms with van der Waals surface area (Å²) in [4.78, 5) is 0. The Kier molecular flexibility index (Phi) is 5.65. The van der Waals surface area contributed by atoms with Crippen LogP contribution in [0.5, 0.6) is 17.2 Å². The van der Waals surface area contributed by atoms with Crippen LogP contribution in [0.3, 0.4) is 0 Å². The van der Waals surface area contributed by atoms with Crippen molar-refractivity contribution in [3.8, 4) is 17.2 Å². The Bertz CT molecular complexity index is 418. The summed E-state index contributed by atoms with van der Waals surface area (Å²) in [5.74, 6) is 2.06. The Morgan fingerprint density at radius 3 is 1.95 bits per heavy atom. The molecule has 0 aliphatic rings. The number of benzene rings is 1. The van der Waals surface area contributed by atoms with Crippen LogP contribution in [0, 0.1) is 0 Å². The molecule has 0 aliphatic heterocycles. The van der Waals surface area contributed by atoms with Crippen LogP contribution >= 0.6 is 0 Å². The molecule has 2 N–H and O–H groups in total. The second-order valence-corrected chi connectivity index (χ2v) is 5.26. The second kappa shape index (κ2) is 6.81. The first kappa shape index (κ1) is 16.6. The first-order valence-electron chi connectivity index (χ1n) is 6.57. The molecular weight excluding hydrogens is 258 g/mol. The highest BCUT2D eigenvalue weighted by atomic mass is 16.5. The molecule has 0 spiro atoms. The lowest BCUT2D eigenvalue weighted by Crippen LogP contribution is -2.47. The molecular formula is C15H25NO4. The summed E-state index contributed by atoms with van der Waals surface area (Å²) in [6.07, 6.45) is -0.474. The molecule has 5 nitrogen and oxygen atoms in total. The van der Waals surface area contributed by atoms with Gasteiger partial charge < -0.3 is 24.6 Å². The van der Waals surface area contributed by atoms with Crippen molar-refractivity contribution in [3.63, 3.8) is 0 Å². The Hall–Kier alpha value is -1.46. The number of aliphatic hydroxyl groups excluding tert-OH is 1. The van der Waals surface area contributed by atoms with Crippen molar-refractivity contribution in [2.75, 3.05) is 21.3 Å². The summed E-state index contributed by atoms with van der Waals surface area (Å²) >= 11 is 0. The fourth-order valence-electron chi connectivity index (χ4n) is 1.72. The third kappa shape index (κ3) is 3.77. The van der Waals surface area contributed by atoms with Crippen LogP contribution < -0.4 is 19.5 Å². The van der Waals surface area contributed by atoms with Gasteiger partial charge in [0.1, 0.15) is 17.2 Å². The minimum atomic E-state index is -0.474. The van der Waals surface area contributed by atoms with Gasteiger partial charge in [0.05, 0.1) is 33.0 Å². The van der Waals surface area contributed by atoms with Crippen LogP contribution in [0.15, 0.2) is 12.1 Å². The van der Waals surface area contributed by atoms with Gasteiger partial charge in [-0.2, -0.15) is 0 Å². The van der Waals surface area contributed by atoms with E-state index in [9.17, 15) is 5.11 Å². The predicted octanol–water partition coefficient (Wildman–Crippen LogP) is 1.96. The second-order valence-electron chi connectivity index (χ2n) is 5.26. The predicted molar refractivity (Wildman–Crippen MR) is 78.7 cm³/mol. The van der Waals surface area contributed by atoms with Gasteiger partial charge in [0, 0.05) is 24.2 Å². The molecule has 114 valence electrons. The van der Waals surface area contributed by atoms with E-state index >= 15 is 0 Å². The Balaban J connectivity index is 3.04. The molecule has 0 fully saturated rings. The lowest BCUT2D eigenvalue weighted by atomic mass is 9.98. The van der Waals surface area contributed by atoms with Crippen LogP contribution in [-0.2, 0) is 6.54 Å². The van der Waals surface area contributed by atoms with Crippen LogP contribution in [0.2, 0.25) is 0 Å². The van der Waals surface area contributed by atoms with Gasteiger partial charge in [-0.3, -0.25) is 0 Å². The van der Waals surface area contributed by atoms with Crippen LogP contribution in [0.4, 0.5) is 0 Å². The third-order valence-electron chi connectivity index (χ3n) is 3.58. The molecule has 0 aromatic heterocycles. The highest BCUT2D eigenvalue weighted by molar-refractivity contribution is 5.50. The van der Waals surface area contributed by atoms with E-state index in [1.807, 2.05) is 26.0 Å². The van der Waals surface area contributed by atoms with Gasteiger partial charge in [-0.25, -0.2) is 0 Å². The van der Waals surface area contributed by atoms with Crippen molar-refractivity contribution in [2.24, 2.45) is 0 Å². The molecule has 0 aliphatic carbocycles. The average Bonchev–Trinajstić information content (AvgIpc) is 2.43. The molecule has 0 saturated carbocycles. The Morgan fingerprint density at radius 1 is 1.10 bits per heavy atom. The monoisotopic (exact) mass is 283 g/mol. The van der Waals surface area contributed by atoms with Crippen molar-refractivity contribution >= 4 is 0 Å². The molecule has 1 aromatic rings. The van der Waals surface area contributed by atoms with E-state index in [-0.39, 0.29) is 0 Å². The van der Waals surface area contributed by atoms with E-state index in [0.717, 1.165) is 5.56 Å². The molecule has 0 bridgehead atoms. The highest BCUT2D eigenvalue weighted by Gasteiger charge is 2.24. The number of nitrogens with one attached hydrogen (secondary N) is 1. The van der Waals surface area contributed by atoms with Crippen molar-refractivity contribution < 1.29 is 19.3 Å². The zero-order chi connectivity index (χ0) is 15.3. The van der Waals surface area contributed by atoms with Crippen LogP contribution in [0.25, 0.3) is 0 Å². The summed E-state index contributed by atoms with van der Waals surface area (Å²) in [5, 5.41) is 13.1. The quantitative estimate of drug-likeness (QED) is 0.801. The molecule has 0 saturated heterocycles. The SMILES string of the molecule is COc1cc(OC)c(CNC(C)(C)C(C)O)c(OC)c1. The molecule has 0 radical (unpaired) electrons. The van der Waals surface area contributed by atoms with Crippen molar-refractivity contribution in [1.82, 2.24) is 5.32 Å². The van der Waals surface area contributed by atoms with E-state index in [0.29, 0.717) is 23.8 Å². The Morgan fingerprint density at radius 2 is 1.60 bits per heavy atom. The van der Waals surface area contributed by atoms with Crippen molar-refractivity contribution in [3.05, 3.63) is 17.7 Å². The van der Waals surface area contributed by atoms with Crippen molar-refractivity contribution in [2.45, 2.75) is 39.0 Å². The number of rotatable bonds is 7. The lowest BCUT2D eigenvalue weighted by molar-refractivity contribution is 0.0953. The number of hydrogen-bond acceptors (Lipinski definition) is 5. The molecule has 0 amide bonds. The summed E-state index contributed by atoms with van der Waals surface area (Å²) in [7, 11) is 4.82. The number of aliphatic hydroxyl groups is 1. The maximum Gasteiger partial charge on any atom is 0.130 e. The fourth-order valence-corrected chi connectivity index (χ4v) is 1.72. The van der Waals surface area contributed by atoms with Gasteiger partial charge in [-0.1, -0.05) is 0 Å². The fraction of sp³-hybridized carbons (Fsp3) is 0.600. The van der Waals surface area contributed by atoms with Crippen LogP contribution in [-0.4, -0.2) is 38.1 Å². The first-order valence-corrected chi connectivity index (χ1v) is 6.57. The smallest absolute Gasteiger partial charge is 0.130 e. The summed E-state index contributed by atoms with van der Waals surface area (Å²) in [5.41, 5.74) is 0.486. The topological polar surface area (TPSA) is 60.0 Å². The van der Waals surface area contributed by atoms with Crippen molar-refractivity contribution in [1.29, 1.82) is 0 Å². The molecule has 20 heavy (non-hydrogen) atoms. The van der Waals surface area contributed by atoms with Crippen LogP contribution in [0.1, 0.15) is 26.3 Å². The molecule has 1 unspecified atom stereocenters. The number of ether oxygens (including phenoxy) is 3. The van der Waals surface area contributed by atoms with Gasteiger partial charge in [-0.05, 0) is 20.8 Å². The highest BCUT2D eigenvalue weighted by Crippen LogP contribution is 2.34. The zero-order valence-corrected chi connectivity index (χ0v) is 13.1. The minimum absolute atomic E-state index is 0.407. The number of methoxy groups -OCH3 is 3.